The lowest BCUT2D eigenvalue weighted by molar-refractivity contribution is -0.123. The molecule has 0 bridgehead atoms. The third-order valence-corrected chi connectivity index (χ3v) is 3.20. The lowest BCUT2D eigenvalue weighted by Crippen LogP contribution is -2.41. The van der Waals surface area contributed by atoms with E-state index in [0.717, 1.165) is 6.42 Å². The van der Waals surface area contributed by atoms with Gasteiger partial charge in [-0.25, -0.2) is 9.59 Å². The molecule has 26 heavy (non-hydrogen) atoms. The van der Waals surface area contributed by atoms with Crippen LogP contribution in [0.15, 0.2) is 12.1 Å². The second kappa shape index (κ2) is 11.2. The molecule has 0 fully saturated rings. The summed E-state index contributed by atoms with van der Waals surface area (Å²) in [5.74, 6) is -0.864. The third-order valence-electron chi connectivity index (χ3n) is 2.92. The van der Waals surface area contributed by atoms with Gasteiger partial charge in [0.05, 0.1) is 23.8 Å². The van der Waals surface area contributed by atoms with Crippen LogP contribution in [0.2, 0.25) is 5.02 Å². The van der Waals surface area contributed by atoms with Crippen molar-refractivity contribution in [3.05, 3.63) is 22.7 Å². The molecule has 9 heteroatoms. The monoisotopic (exact) mass is 386 g/mol. The van der Waals surface area contributed by atoms with Crippen LogP contribution in [0.25, 0.3) is 0 Å². The fourth-order valence-electron chi connectivity index (χ4n) is 1.87. The summed E-state index contributed by atoms with van der Waals surface area (Å²) in [5.41, 5.74) is 0.105. The maximum atomic E-state index is 12.1. The van der Waals surface area contributed by atoms with Crippen LogP contribution in [0, 0.1) is 0 Å². The largest absolute Gasteiger partial charge is 0.490 e. The van der Waals surface area contributed by atoms with Gasteiger partial charge in [0.15, 0.2) is 18.1 Å². The second-order valence-electron chi connectivity index (χ2n) is 5.05. The van der Waals surface area contributed by atoms with Crippen molar-refractivity contribution >= 4 is 29.5 Å². The molecule has 3 amide bonds. The van der Waals surface area contributed by atoms with Gasteiger partial charge in [-0.05, 0) is 32.4 Å². The minimum Gasteiger partial charge on any atom is -0.490 e. The quantitative estimate of drug-likeness (QED) is 0.632. The number of benzene rings is 1. The highest BCUT2D eigenvalue weighted by atomic mass is 35.5. The van der Waals surface area contributed by atoms with Gasteiger partial charge in [0.25, 0.3) is 5.91 Å². The van der Waals surface area contributed by atoms with E-state index in [2.05, 4.69) is 5.32 Å². The number of halogens is 1. The molecule has 0 aromatic heterocycles. The summed E-state index contributed by atoms with van der Waals surface area (Å²) in [6.45, 7) is 6.00. The Morgan fingerprint density at radius 3 is 2.46 bits per heavy atom. The van der Waals surface area contributed by atoms with E-state index >= 15 is 0 Å². The second-order valence-corrected chi connectivity index (χ2v) is 5.46. The Morgan fingerprint density at radius 2 is 1.85 bits per heavy atom. The van der Waals surface area contributed by atoms with Crippen molar-refractivity contribution in [1.29, 1.82) is 0 Å². The first-order valence-corrected chi connectivity index (χ1v) is 8.64. The molecular formula is C17H23ClN2O6. The molecule has 0 heterocycles. The molecule has 0 aliphatic heterocycles. The molecule has 1 aromatic rings. The van der Waals surface area contributed by atoms with Crippen LogP contribution in [0.3, 0.4) is 0 Å². The number of carbonyl (C=O) groups excluding carboxylic acids is 3. The molecule has 0 aliphatic rings. The Bertz CT molecular complexity index is 650. The van der Waals surface area contributed by atoms with E-state index in [-0.39, 0.29) is 10.6 Å². The van der Waals surface area contributed by atoms with E-state index in [0.29, 0.717) is 31.3 Å². The fraction of sp³-hybridized carbons (Fsp3) is 0.471. The molecule has 144 valence electrons. The molecule has 0 spiro atoms. The number of nitrogens with one attached hydrogen (secondary N) is 2. The number of ether oxygens (including phenoxy) is 3. The number of esters is 1. The summed E-state index contributed by atoms with van der Waals surface area (Å²) < 4.78 is 15.9. The number of hydrogen-bond donors (Lipinski definition) is 2. The van der Waals surface area contributed by atoms with Crippen molar-refractivity contribution in [2.24, 2.45) is 0 Å². The highest BCUT2D eigenvalue weighted by Gasteiger charge is 2.18. The van der Waals surface area contributed by atoms with Crippen LogP contribution in [0.5, 0.6) is 11.5 Å². The normalized spacial score (nSPS) is 10.0. The lowest BCUT2D eigenvalue weighted by Gasteiger charge is -2.14. The van der Waals surface area contributed by atoms with E-state index in [1.54, 1.807) is 13.8 Å². The summed E-state index contributed by atoms with van der Waals surface area (Å²) in [5, 5.41) is 4.61. The molecule has 0 saturated heterocycles. The first-order valence-electron chi connectivity index (χ1n) is 8.26. The van der Waals surface area contributed by atoms with Gasteiger partial charge in [0, 0.05) is 6.54 Å². The zero-order valence-electron chi connectivity index (χ0n) is 15.0. The SMILES string of the molecule is CCCOc1c(Cl)cc(C(=O)OCC(=O)NC(=O)NCC)cc1OCC. The summed E-state index contributed by atoms with van der Waals surface area (Å²) >= 11 is 6.17. The topological polar surface area (TPSA) is 103 Å². The zero-order chi connectivity index (χ0) is 19.5. The van der Waals surface area contributed by atoms with E-state index < -0.39 is 24.5 Å². The van der Waals surface area contributed by atoms with Crippen LogP contribution in [0.4, 0.5) is 4.79 Å². The third kappa shape index (κ3) is 6.79. The van der Waals surface area contributed by atoms with Crippen molar-refractivity contribution < 1.29 is 28.6 Å². The van der Waals surface area contributed by atoms with E-state index in [9.17, 15) is 14.4 Å². The molecule has 0 aliphatic carbocycles. The van der Waals surface area contributed by atoms with Gasteiger partial charge in [-0.1, -0.05) is 18.5 Å². The number of hydrogen-bond acceptors (Lipinski definition) is 6. The highest BCUT2D eigenvalue weighted by Crippen LogP contribution is 2.37. The van der Waals surface area contributed by atoms with E-state index in [4.69, 9.17) is 25.8 Å². The van der Waals surface area contributed by atoms with Crippen molar-refractivity contribution in [3.63, 3.8) is 0 Å². The van der Waals surface area contributed by atoms with Gasteiger partial charge in [0.2, 0.25) is 0 Å². The van der Waals surface area contributed by atoms with Crippen molar-refractivity contribution in [2.75, 3.05) is 26.4 Å². The Hall–Kier alpha value is -2.48. The standard InChI is InChI=1S/C17H23ClN2O6/c1-4-7-25-15-12(18)8-11(9-13(15)24-6-3)16(22)26-10-14(21)20-17(23)19-5-2/h8-9H,4-7,10H2,1-3H3,(H2,19,20,21,23). The molecule has 0 atom stereocenters. The van der Waals surface area contributed by atoms with Crippen molar-refractivity contribution in [2.45, 2.75) is 27.2 Å². The molecule has 8 nitrogen and oxygen atoms in total. The number of imide groups is 1. The number of carbonyl (C=O) groups is 3. The number of rotatable bonds is 9. The summed E-state index contributed by atoms with van der Waals surface area (Å²) in [4.78, 5) is 34.9. The summed E-state index contributed by atoms with van der Waals surface area (Å²) in [6.07, 6.45) is 0.784. The predicted octanol–water partition coefficient (Wildman–Crippen LogP) is 2.53. The Balaban J connectivity index is 2.79. The van der Waals surface area contributed by atoms with Gasteiger partial charge in [-0.3, -0.25) is 10.1 Å². The minimum atomic E-state index is -0.777. The first-order chi connectivity index (χ1) is 12.4. The first kappa shape index (κ1) is 21.6. The number of amides is 3. The fourth-order valence-corrected chi connectivity index (χ4v) is 2.14. The summed E-state index contributed by atoms with van der Waals surface area (Å²) in [6, 6.07) is 2.15. The molecule has 2 N–H and O–H groups in total. The van der Waals surface area contributed by atoms with Gasteiger partial charge in [-0.2, -0.15) is 0 Å². The highest BCUT2D eigenvalue weighted by molar-refractivity contribution is 6.32. The molecular weight excluding hydrogens is 364 g/mol. The average molecular weight is 387 g/mol. The molecule has 1 aromatic carbocycles. The molecule has 1 rings (SSSR count). The smallest absolute Gasteiger partial charge is 0.338 e. The number of urea groups is 1. The summed E-state index contributed by atoms with van der Waals surface area (Å²) in [7, 11) is 0. The van der Waals surface area contributed by atoms with E-state index in [1.807, 2.05) is 12.2 Å². The maximum absolute atomic E-state index is 12.1. The van der Waals surface area contributed by atoms with Crippen LogP contribution in [-0.4, -0.2) is 44.3 Å². The predicted molar refractivity (Wildman–Crippen MR) is 95.9 cm³/mol. The zero-order valence-corrected chi connectivity index (χ0v) is 15.8. The van der Waals surface area contributed by atoms with Crippen LogP contribution >= 0.6 is 11.6 Å². The lowest BCUT2D eigenvalue weighted by atomic mass is 10.2. The van der Waals surface area contributed by atoms with E-state index in [1.165, 1.54) is 12.1 Å². The van der Waals surface area contributed by atoms with Crippen LogP contribution in [0.1, 0.15) is 37.6 Å². The Morgan fingerprint density at radius 1 is 1.12 bits per heavy atom. The van der Waals surface area contributed by atoms with Crippen LogP contribution < -0.4 is 20.1 Å². The van der Waals surface area contributed by atoms with Gasteiger partial charge in [0.1, 0.15) is 0 Å². The van der Waals surface area contributed by atoms with Gasteiger partial charge in [-0.15, -0.1) is 0 Å². The van der Waals surface area contributed by atoms with Crippen molar-refractivity contribution in [3.8, 4) is 11.5 Å². The molecule has 0 saturated carbocycles. The Kier molecular flexibility index (Phi) is 9.29. The maximum Gasteiger partial charge on any atom is 0.338 e. The van der Waals surface area contributed by atoms with Crippen molar-refractivity contribution in [1.82, 2.24) is 10.6 Å². The molecule has 0 unspecified atom stereocenters. The minimum absolute atomic E-state index is 0.105. The van der Waals surface area contributed by atoms with Crippen LogP contribution in [-0.2, 0) is 9.53 Å². The average Bonchev–Trinajstić information content (AvgIpc) is 2.59. The van der Waals surface area contributed by atoms with Gasteiger partial charge >= 0.3 is 12.0 Å². The Labute approximate surface area is 157 Å². The van der Waals surface area contributed by atoms with Gasteiger partial charge < -0.3 is 19.5 Å². The molecule has 0 radical (unpaired) electrons.